The van der Waals surface area contributed by atoms with E-state index < -0.39 is 48.3 Å². The van der Waals surface area contributed by atoms with Gasteiger partial charge in [0.25, 0.3) is 15.5 Å². The van der Waals surface area contributed by atoms with Gasteiger partial charge in [-0.3, -0.25) is 14.9 Å². The van der Waals surface area contributed by atoms with Crippen LogP contribution in [-0.2, 0) is 14.6 Å². The largest absolute Gasteiger partial charge is 0.501 e. The maximum Gasteiger partial charge on any atom is 0.501 e. The van der Waals surface area contributed by atoms with E-state index in [0.29, 0.717) is 17.8 Å². The first-order valence-corrected chi connectivity index (χ1v) is 10.1. The quantitative estimate of drug-likeness (QED) is 0.289. The number of carbonyl (C=O) groups excluding carboxylic acids is 1. The lowest BCUT2D eigenvalue weighted by Gasteiger charge is -2.10. The van der Waals surface area contributed by atoms with Crippen LogP contribution in [0.4, 0.5) is 28.9 Å². The fraction of sp³-hybridized carbons (Fsp3) is 0.133. The molecule has 0 spiro atoms. The predicted molar refractivity (Wildman–Crippen MR) is 97.1 cm³/mol. The molecule has 0 fully saturated rings. The van der Waals surface area contributed by atoms with Gasteiger partial charge in [-0.05, 0) is 30.3 Å². The average molecular weight is 473 g/mol. The normalized spacial score (nSPS) is 11.9. The summed E-state index contributed by atoms with van der Waals surface area (Å²) in [5, 5.41) is 13.4. The second-order valence-corrected chi connectivity index (χ2v) is 8.69. The molecule has 0 saturated carbocycles. The van der Waals surface area contributed by atoms with Crippen LogP contribution in [0.1, 0.15) is 0 Å². The molecule has 156 valence electrons. The van der Waals surface area contributed by atoms with Crippen molar-refractivity contribution in [2.24, 2.45) is 0 Å². The zero-order chi connectivity index (χ0) is 22.0. The van der Waals surface area contributed by atoms with Gasteiger partial charge in [-0.2, -0.15) is 13.2 Å². The van der Waals surface area contributed by atoms with Crippen molar-refractivity contribution in [2.45, 2.75) is 15.3 Å². The Morgan fingerprint density at radius 2 is 1.86 bits per heavy atom. The first kappa shape index (κ1) is 22.9. The Bertz CT molecular complexity index is 1080. The molecule has 0 aliphatic carbocycles. The number of benzene rings is 2. The lowest BCUT2D eigenvalue weighted by molar-refractivity contribution is -0.388. The molecule has 0 atom stereocenters. The summed E-state index contributed by atoms with van der Waals surface area (Å²) < 4.78 is 74.3. The molecule has 29 heavy (non-hydrogen) atoms. The van der Waals surface area contributed by atoms with Crippen LogP contribution >= 0.6 is 23.4 Å². The van der Waals surface area contributed by atoms with Crippen LogP contribution in [-0.4, -0.2) is 30.5 Å². The number of hydrogen-bond donors (Lipinski definition) is 1. The first-order valence-electron chi connectivity index (χ1n) is 7.30. The van der Waals surface area contributed by atoms with Crippen molar-refractivity contribution in [3.05, 3.63) is 57.4 Å². The molecule has 2 rings (SSSR count). The van der Waals surface area contributed by atoms with Crippen molar-refractivity contribution in [3.8, 4) is 0 Å². The van der Waals surface area contributed by atoms with Gasteiger partial charge in [0, 0.05) is 11.1 Å². The number of rotatable bonds is 6. The number of nitro benzene ring substituents is 1. The zero-order valence-corrected chi connectivity index (χ0v) is 16.3. The first-order chi connectivity index (χ1) is 13.3. The number of alkyl halides is 3. The molecule has 0 aromatic heterocycles. The van der Waals surface area contributed by atoms with Gasteiger partial charge in [-0.1, -0.05) is 11.6 Å². The van der Waals surface area contributed by atoms with Crippen LogP contribution in [0.25, 0.3) is 0 Å². The van der Waals surface area contributed by atoms with E-state index >= 15 is 0 Å². The molecule has 2 aromatic carbocycles. The smallest absolute Gasteiger partial charge is 0.323 e. The van der Waals surface area contributed by atoms with Crippen molar-refractivity contribution in [1.29, 1.82) is 0 Å². The summed E-state index contributed by atoms with van der Waals surface area (Å²) in [5.74, 6) is -2.05. The predicted octanol–water partition coefficient (Wildman–Crippen LogP) is 4.41. The fourth-order valence-electron chi connectivity index (χ4n) is 1.98. The van der Waals surface area contributed by atoms with Gasteiger partial charge in [-0.15, -0.1) is 11.8 Å². The number of nitrogens with zero attached hydrogens (tertiary/aromatic N) is 1. The summed E-state index contributed by atoms with van der Waals surface area (Å²) in [5.41, 5.74) is -6.75. The van der Waals surface area contributed by atoms with Gasteiger partial charge in [0.15, 0.2) is 0 Å². The van der Waals surface area contributed by atoms with Crippen LogP contribution < -0.4 is 5.32 Å². The number of anilines is 1. The van der Waals surface area contributed by atoms with Gasteiger partial charge < -0.3 is 5.32 Å². The fourth-order valence-corrected chi connectivity index (χ4v) is 3.73. The second kappa shape index (κ2) is 8.55. The van der Waals surface area contributed by atoms with E-state index in [1.165, 1.54) is 12.1 Å². The number of sulfone groups is 1. The van der Waals surface area contributed by atoms with Crippen LogP contribution in [0.15, 0.2) is 46.2 Å². The van der Waals surface area contributed by atoms with Crippen LogP contribution in [0.3, 0.4) is 0 Å². The molecule has 0 bridgehead atoms. The molecule has 0 radical (unpaired) electrons. The summed E-state index contributed by atoms with van der Waals surface area (Å²) in [6.07, 6.45) is 0. The summed E-state index contributed by atoms with van der Waals surface area (Å²) in [4.78, 5) is 20.4. The van der Waals surface area contributed by atoms with E-state index in [1.807, 2.05) is 0 Å². The monoisotopic (exact) mass is 472 g/mol. The number of amides is 1. The van der Waals surface area contributed by atoms with Crippen LogP contribution in [0.2, 0.25) is 5.02 Å². The van der Waals surface area contributed by atoms with E-state index in [1.54, 1.807) is 0 Å². The highest BCUT2D eigenvalue weighted by molar-refractivity contribution is 8.00. The number of nitrogens with one attached hydrogen (secondary N) is 1. The lowest BCUT2D eigenvalue weighted by Crippen LogP contribution is -2.23. The zero-order valence-electron chi connectivity index (χ0n) is 13.9. The molecule has 0 aliphatic rings. The highest BCUT2D eigenvalue weighted by atomic mass is 35.5. The minimum Gasteiger partial charge on any atom is -0.323 e. The standard InChI is InChI=1S/C15H9ClF4N2O5S2/c16-8-1-3-11(10(17)5-8)21-14(23)7-28-13-4-2-9(6-12(13)22(24)25)29(26,27)15(18,19)20/h1-6H,7H2,(H,21,23). The number of hydrogen-bond acceptors (Lipinski definition) is 6. The molecular formula is C15H9ClF4N2O5S2. The van der Waals surface area contributed by atoms with Crippen molar-refractivity contribution in [2.75, 3.05) is 11.1 Å². The van der Waals surface area contributed by atoms with E-state index in [2.05, 4.69) is 5.32 Å². The molecule has 0 saturated heterocycles. The van der Waals surface area contributed by atoms with Gasteiger partial charge in [0.2, 0.25) is 5.91 Å². The minimum absolute atomic E-state index is 0.0967. The maximum absolute atomic E-state index is 13.7. The number of halogens is 5. The van der Waals surface area contributed by atoms with Crippen molar-refractivity contribution >= 4 is 50.5 Å². The Morgan fingerprint density at radius 3 is 2.41 bits per heavy atom. The SMILES string of the molecule is O=C(CSc1ccc(S(=O)(=O)C(F)(F)F)cc1[N+](=O)[O-])Nc1ccc(Cl)cc1F. The maximum atomic E-state index is 13.7. The molecule has 0 aliphatic heterocycles. The molecule has 1 amide bonds. The minimum atomic E-state index is -5.77. The Kier molecular flexibility index (Phi) is 6.75. The second-order valence-electron chi connectivity index (χ2n) is 5.30. The van der Waals surface area contributed by atoms with E-state index in [-0.39, 0.29) is 21.7 Å². The molecule has 0 heterocycles. The Balaban J connectivity index is 2.20. The van der Waals surface area contributed by atoms with Gasteiger partial charge in [0.05, 0.1) is 26.2 Å². The van der Waals surface area contributed by atoms with Gasteiger partial charge >= 0.3 is 5.51 Å². The summed E-state index contributed by atoms with van der Waals surface area (Å²) in [6.45, 7) is 0. The highest BCUT2D eigenvalue weighted by Gasteiger charge is 2.47. The molecule has 14 heteroatoms. The Hall–Kier alpha value is -2.38. The van der Waals surface area contributed by atoms with Gasteiger partial charge in [0.1, 0.15) is 5.82 Å². The van der Waals surface area contributed by atoms with Crippen LogP contribution in [0, 0.1) is 15.9 Å². The third-order valence-electron chi connectivity index (χ3n) is 3.31. The number of carbonyl (C=O) groups is 1. The molecule has 1 N–H and O–H groups in total. The van der Waals surface area contributed by atoms with E-state index in [0.717, 1.165) is 12.1 Å². The highest BCUT2D eigenvalue weighted by Crippen LogP contribution is 2.36. The lowest BCUT2D eigenvalue weighted by atomic mass is 10.3. The number of nitro groups is 1. The molecule has 0 unspecified atom stereocenters. The summed E-state index contributed by atoms with van der Waals surface area (Å²) >= 11 is 6.14. The summed E-state index contributed by atoms with van der Waals surface area (Å²) in [6, 6.07) is 5.07. The average Bonchev–Trinajstić information content (AvgIpc) is 2.61. The molecular weight excluding hydrogens is 464 g/mol. The molecule has 7 nitrogen and oxygen atoms in total. The van der Waals surface area contributed by atoms with Crippen molar-refractivity contribution in [3.63, 3.8) is 0 Å². The van der Waals surface area contributed by atoms with E-state index in [4.69, 9.17) is 11.6 Å². The third-order valence-corrected chi connectivity index (χ3v) is 6.09. The molecule has 2 aromatic rings. The van der Waals surface area contributed by atoms with E-state index in [9.17, 15) is 40.9 Å². The topological polar surface area (TPSA) is 106 Å². The Morgan fingerprint density at radius 1 is 1.21 bits per heavy atom. The van der Waals surface area contributed by atoms with Crippen LogP contribution in [0.5, 0.6) is 0 Å². The van der Waals surface area contributed by atoms with Crippen molar-refractivity contribution in [1.82, 2.24) is 0 Å². The van der Waals surface area contributed by atoms with Crippen molar-refractivity contribution < 1.29 is 35.7 Å². The Labute approximate surface area is 170 Å². The summed E-state index contributed by atoms with van der Waals surface area (Å²) in [7, 11) is -5.77. The van der Waals surface area contributed by atoms with Gasteiger partial charge in [-0.25, -0.2) is 12.8 Å². The third kappa shape index (κ3) is 5.36. The number of thioether (sulfide) groups is 1.